The fourth-order valence-electron chi connectivity index (χ4n) is 4.95. The summed E-state index contributed by atoms with van der Waals surface area (Å²) in [6.45, 7) is -0.0767. The normalized spacial score (nSPS) is 14.2. The first-order valence-electron chi connectivity index (χ1n) is 12.1. The van der Waals surface area contributed by atoms with Gasteiger partial charge in [-0.05, 0) is 59.0 Å². The Kier molecular flexibility index (Phi) is 6.80. The first kappa shape index (κ1) is 25.3. The van der Waals surface area contributed by atoms with Crippen molar-refractivity contribution in [3.05, 3.63) is 113 Å². The first-order chi connectivity index (χ1) is 18.2. The first-order valence-corrected chi connectivity index (χ1v) is 12.1. The highest BCUT2D eigenvalue weighted by Gasteiger charge is 2.35. The highest BCUT2D eigenvalue weighted by Crippen LogP contribution is 2.33. The summed E-state index contributed by atoms with van der Waals surface area (Å²) in [7, 11) is 0. The number of carboxylic acids is 1. The van der Waals surface area contributed by atoms with E-state index < -0.39 is 29.7 Å². The number of carbonyl (C=O) groups is 2. The van der Waals surface area contributed by atoms with Crippen molar-refractivity contribution in [1.29, 1.82) is 0 Å². The zero-order chi connectivity index (χ0) is 26.9. The molecule has 1 amide bonds. The van der Waals surface area contributed by atoms with Crippen molar-refractivity contribution < 1.29 is 32.6 Å². The monoisotopic (exact) mass is 519 g/mol. The second-order valence-corrected chi connectivity index (χ2v) is 9.37. The standard InChI is InChI=1S/C30H24F3NO4/c31-30(32,33)23-12-9-18(10-13-23)17-38-27-24-8-4-3-5-19(24)11-14-25(27)28(35)34-26(29(36)37)22-15-20-6-1-2-7-21(20)16-22/h1-14,22,26H,15-17H2,(H,34,35)(H,36,37)/t26-/m0/s1. The number of amides is 1. The van der Waals surface area contributed by atoms with E-state index in [-0.39, 0.29) is 23.8 Å². The molecule has 0 heterocycles. The van der Waals surface area contributed by atoms with E-state index in [0.717, 1.165) is 28.6 Å². The number of alkyl halides is 3. The molecule has 5 rings (SSSR count). The summed E-state index contributed by atoms with van der Waals surface area (Å²) in [6, 6.07) is 21.8. The Morgan fingerprint density at radius 2 is 1.53 bits per heavy atom. The molecule has 5 nitrogen and oxygen atoms in total. The molecule has 2 N–H and O–H groups in total. The average molecular weight is 520 g/mol. The molecule has 0 saturated heterocycles. The molecule has 0 unspecified atom stereocenters. The van der Waals surface area contributed by atoms with Gasteiger partial charge in [-0.1, -0.05) is 66.7 Å². The van der Waals surface area contributed by atoms with Crippen LogP contribution in [0.15, 0.2) is 84.9 Å². The molecule has 8 heteroatoms. The second kappa shape index (κ2) is 10.2. The van der Waals surface area contributed by atoms with Crippen molar-refractivity contribution >= 4 is 22.6 Å². The van der Waals surface area contributed by atoms with Crippen molar-refractivity contribution in [1.82, 2.24) is 5.32 Å². The van der Waals surface area contributed by atoms with Gasteiger partial charge in [-0.2, -0.15) is 13.2 Å². The third-order valence-corrected chi connectivity index (χ3v) is 6.90. The highest BCUT2D eigenvalue weighted by atomic mass is 19.4. The molecule has 0 bridgehead atoms. The maximum atomic E-state index is 13.4. The van der Waals surface area contributed by atoms with Crippen LogP contribution in [-0.2, 0) is 30.4 Å². The minimum absolute atomic E-state index is 0.0767. The predicted molar refractivity (Wildman–Crippen MR) is 136 cm³/mol. The Hall–Kier alpha value is -4.33. The topological polar surface area (TPSA) is 75.6 Å². The number of nitrogens with one attached hydrogen (secondary N) is 1. The predicted octanol–water partition coefficient (Wildman–Crippen LogP) is 6.04. The number of aliphatic carboxylic acids is 1. The highest BCUT2D eigenvalue weighted by molar-refractivity contribution is 6.05. The molecule has 4 aromatic rings. The Bertz CT molecular complexity index is 1470. The minimum atomic E-state index is -4.44. The molecular weight excluding hydrogens is 495 g/mol. The van der Waals surface area contributed by atoms with Crippen LogP contribution in [0.1, 0.15) is 32.6 Å². The third-order valence-electron chi connectivity index (χ3n) is 6.90. The Balaban J connectivity index is 1.40. The van der Waals surface area contributed by atoms with Gasteiger partial charge in [0.25, 0.3) is 5.91 Å². The number of hydrogen-bond acceptors (Lipinski definition) is 3. The lowest BCUT2D eigenvalue weighted by molar-refractivity contribution is -0.140. The molecule has 0 aromatic heterocycles. The van der Waals surface area contributed by atoms with Crippen LogP contribution in [0.4, 0.5) is 13.2 Å². The van der Waals surface area contributed by atoms with Crippen LogP contribution in [0.2, 0.25) is 0 Å². The molecular formula is C30H24F3NO4. The van der Waals surface area contributed by atoms with E-state index >= 15 is 0 Å². The van der Waals surface area contributed by atoms with E-state index in [1.165, 1.54) is 12.1 Å². The summed E-state index contributed by atoms with van der Waals surface area (Å²) < 4.78 is 44.8. The number of halogens is 3. The van der Waals surface area contributed by atoms with Crippen LogP contribution < -0.4 is 10.1 Å². The molecule has 0 radical (unpaired) electrons. The smallest absolute Gasteiger partial charge is 0.416 e. The van der Waals surface area contributed by atoms with Gasteiger partial charge in [0.15, 0.2) is 0 Å². The number of carbonyl (C=O) groups excluding carboxylic acids is 1. The zero-order valence-corrected chi connectivity index (χ0v) is 20.2. The lowest BCUT2D eigenvalue weighted by Crippen LogP contribution is -2.46. The van der Waals surface area contributed by atoms with Crippen LogP contribution in [-0.4, -0.2) is 23.0 Å². The van der Waals surface area contributed by atoms with Crippen LogP contribution in [0.5, 0.6) is 5.75 Å². The minimum Gasteiger partial charge on any atom is -0.487 e. The fraction of sp³-hybridized carbons (Fsp3) is 0.200. The van der Waals surface area contributed by atoms with Crippen LogP contribution in [0.25, 0.3) is 10.8 Å². The van der Waals surface area contributed by atoms with E-state index in [0.29, 0.717) is 23.8 Å². The van der Waals surface area contributed by atoms with Gasteiger partial charge in [0.1, 0.15) is 18.4 Å². The number of rotatable bonds is 7. The molecule has 38 heavy (non-hydrogen) atoms. The summed E-state index contributed by atoms with van der Waals surface area (Å²) in [5.41, 5.74) is 2.02. The van der Waals surface area contributed by atoms with Gasteiger partial charge in [0.2, 0.25) is 0 Å². The number of benzene rings is 4. The SMILES string of the molecule is O=C(N[C@H](C(=O)O)C1Cc2ccccc2C1)c1ccc2ccccc2c1OCc1ccc(C(F)(F)F)cc1. The van der Waals surface area contributed by atoms with Gasteiger partial charge in [-0.15, -0.1) is 0 Å². The molecule has 0 saturated carbocycles. The molecule has 0 spiro atoms. The zero-order valence-electron chi connectivity index (χ0n) is 20.2. The van der Waals surface area contributed by atoms with E-state index in [1.807, 2.05) is 36.4 Å². The van der Waals surface area contributed by atoms with E-state index in [4.69, 9.17) is 4.74 Å². The van der Waals surface area contributed by atoms with Crippen molar-refractivity contribution in [2.45, 2.75) is 31.7 Å². The third kappa shape index (κ3) is 5.20. The quantitative estimate of drug-likeness (QED) is 0.312. The van der Waals surface area contributed by atoms with Gasteiger partial charge in [-0.25, -0.2) is 4.79 Å². The summed E-state index contributed by atoms with van der Waals surface area (Å²) in [5, 5.41) is 14.1. The van der Waals surface area contributed by atoms with Crippen molar-refractivity contribution in [3.8, 4) is 5.75 Å². The van der Waals surface area contributed by atoms with Gasteiger partial charge in [0, 0.05) is 5.39 Å². The lowest BCUT2D eigenvalue weighted by atomic mass is 9.95. The van der Waals surface area contributed by atoms with Gasteiger partial charge in [-0.3, -0.25) is 4.79 Å². The molecule has 0 aliphatic heterocycles. The largest absolute Gasteiger partial charge is 0.487 e. The Morgan fingerprint density at radius 1 is 0.895 bits per heavy atom. The maximum absolute atomic E-state index is 13.4. The summed E-state index contributed by atoms with van der Waals surface area (Å²) in [5.74, 6) is -1.78. The summed E-state index contributed by atoms with van der Waals surface area (Å²) in [6.07, 6.45) is -3.35. The van der Waals surface area contributed by atoms with Crippen molar-refractivity contribution in [2.75, 3.05) is 0 Å². The number of fused-ring (bicyclic) bond motifs is 2. The maximum Gasteiger partial charge on any atom is 0.416 e. The fourth-order valence-corrected chi connectivity index (χ4v) is 4.95. The molecule has 4 aromatic carbocycles. The summed E-state index contributed by atoms with van der Waals surface area (Å²) >= 11 is 0. The van der Waals surface area contributed by atoms with Crippen LogP contribution in [0.3, 0.4) is 0 Å². The molecule has 1 aliphatic carbocycles. The number of ether oxygens (including phenoxy) is 1. The molecule has 1 atom stereocenters. The van der Waals surface area contributed by atoms with Crippen molar-refractivity contribution in [2.24, 2.45) is 5.92 Å². The van der Waals surface area contributed by atoms with Crippen molar-refractivity contribution in [3.63, 3.8) is 0 Å². The van der Waals surface area contributed by atoms with E-state index in [1.54, 1.807) is 24.3 Å². The number of carboxylic acid groups (broad SMARTS) is 1. The van der Waals surface area contributed by atoms with Gasteiger partial charge >= 0.3 is 12.1 Å². The van der Waals surface area contributed by atoms with Crippen LogP contribution >= 0.6 is 0 Å². The van der Waals surface area contributed by atoms with Gasteiger partial charge in [0.05, 0.1) is 11.1 Å². The number of hydrogen-bond donors (Lipinski definition) is 2. The second-order valence-electron chi connectivity index (χ2n) is 9.37. The van der Waals surface area contributed by atoms with Gasteiger partial charge < -0.3 is 15.2 Å². The van der Waals surface area contributed by atoms with Crippen LogP contribution in [0, 0.1) is 5.92 Å². The van der Waals surface area contributed by atoms with E-state index in [9.17, 15) is 27.9 Å². The average Bonchev–Trinajstić information content (AvgIpc) is 3.33. The summed E-state index contributed by atoms with van der Waals surface area (Å²) in [4.78, 5) is 25.6. The molecule has 0 fully saturated rings. The Morgan fingerprint density at radius 3 is 2.16 bits per heavy atom. The Labute approximate surface area is 216 Å². The van der Waals surface area contributed by atoms with E-state index in [2.05, 4.69) is 5.32 Å². The molecule has 1 aliphatic rings. The lowest BCUT2D eigenvalue weighted by Gasteiger charge is -2.22. The molecule has 194 valence electrons.